The highest BCUT2D eigenvalue weighted by atomic mass is 79.9. The van der Waals surface area contributed by atoms with Crippen molar-refractivity contribution in [2.75, 3.05) is 0 Å². The van der Waals surface area contributed by atoms with Crippen molar-refractivity contribution in [2.45, 2.75) is 51.1 Å². The molecule has 1 N–H and O–H groups in total. The van der Waals surface area contributed by atoms with Crippen molar-refractivity contribution in [3.8, 4) is 0 Å². The lowest BCUT2D eigenvalue weighted by molar-refractivity contribution is 0.370. The van der Waals surface area contributed by atoms with E-state index in [-0.39, 0.29) is 0 Å². The third-order valence-electron chi connectivity index (χ3n) is 4.12. The Balaban J connectivity index is 1.32. The fourth-order valence-electron chi connectivity index (χ4n) is 2.58. The normalized spacial score (nSPS) is 18.3. The Bertz CT molecular complexity index is 629. The molecule has 2 aromatic rings. The first kappa shape index (κ1) is 13.5. The zero-order valence-corrected chi connectivity index (χ0v) is 13.4. The standard InChI is InChI=1S/C15H18BrN3O2/c16-15-13(14(21-19-15)10-3-4-10)8-17-7-11-6-12(20-18-11)5-9-1-2-9/h6,9-10,17H,1-5,7-8H2. The Hall–Kier alpha value is -1.14. The van der Waals surface area contributed by atoms with E-state index in [0.717, 1.165) is 46.3 Å². The number of halogens is 1. The van der Waals surface area contributed by atoms with Crippen LogP contribution in [0.2, 0.25) is 0 Å². The van der Waals surface area contributed by atoms with E-state index in [4.69, 9.17) is 9.05 Å². The van der Waals surface area contributed by atoms with Crippen molar-refractivity contribution < 1.29 is 9.05 Å². The van der Waals surface area contributed by atoms with Gasteiger partial charge in [0.1, 0.15) is 11.5 Å². The van der Waals surface area contributed by atoms with Gasteiger partial charge in [-0.3, -0.25) is 0 Å². The van der Waals surface area contributed by atoms with Gasteiger partial charge in [0.05, 0.1) is 5.69 Å². The molecule has 4 rings (SSSR count). The minimum atomic E-state index is 0.567. The first-order valence-electron chi connectivity index (χ1n) is 7.58. The van der Waals surface area contributed by atoms with Gasteiger partial charge >= 0.3 is 0 Å². The van der Waals surface area contributed by atoms with Gasteiger partial charge in [0.15, 0.2) is 4.60 Å². The van der Waals surface area contributed by atoms with E-state index < -0.39 is 0 Å². The monoisotopic (exact) mass is 351 g/mol. The highest BCUT2D eigenvalue weighted by molar-refractivity contribution is 9.10. The first-order chi connectivity index (χ1) is 10.3. The summed E-state index contributed by atoms with van der Waals surface area (Å²) in [6.07, 6.45) is 6.13. The Morgan fingerprint density at radius 1 is 1.14 bits per heavy atom. The van der Waals surface area contributed by atoms with Gasteiger partial charge in [-0.25, -0.2) is 0 Å². The van der Waals surface area contributed by atoms with Crippen molar-refractivity contribution in [1.29, 1.82) is 0 Å². The van der Waals surface area contributed by atoms with Crippen LogP contribution in [0, 0.1) is 5.92 Å². The van der Waals surface area contributed by atoms with Gasteiger partial charge in [-0.2, -0.15) is 0 Å². The number of nitrogens with zero attached hydrogens (tertiary/aromatic N) is 2. The van der Waals surface area contributed by atoms with E-state index in [1.54, 1.807) is 0 Å². The average molecular weight is 352 g/mol. The van der Waals surface area contributed by atoms with Crippen LogP contribution in [0.25, 0.3) is 0 Å². The fourth-order valence-corrected chi connectivity index (χ4v) is 2.99. The van der Waals surface area contributed by atoms with Crippen LogP contribution >= 0.6 is 15.9 Å². The minimum absolute atomic E-state index is 0.567. The van der Waals surface area contributed by atoms with Gasteiger partial charge in [-0.1, -0.05) is 10.3 Å². The number of hydrogen-bond acceptors (Lipinski definition) is 5. The highest BCUT2D eigenvalue weighted by Gasteiger charge is 2.31. The van der Waals surface area contributed by atoms with Crippen LogP contribution in [0.3, 0.4) is 0 Å². The molecule has 0 aromatic carbocycles. The summed E-state index contributed by atoms with van der Waals surface area (Å²) in [5.74, 6) is 3.44. The van der Waals surface area contributed by atoms with Crippen LogP contribution in [-0.4, -0.2) is 10.3 Å². The van der Waals surface area contributed by atoms with Gasteiger partial charge in [0.2, 0.25) is 0 Å². The molecule has 2 heterocycles. The SMILES string of the molecule is Brc1noc(C2CC2)c1CNCc1cc(CC2CC2)on1. The zero-order chi connectivity index (χ0) is 14.2. The number of aromatic nitrogens is 2. The molecule has 21 heavy (non-hydrogen) atoms. The molecule has 2 aromatic heterocycles. The molecular formula is C15H18BrN3O2. The molecule has 0 spiro atoms. The lowest BCUT2D eigenvalue weighted by Crippen LogP contribution is -2.13. The minimum Gasteiger partial charge on any atom is -0.361 e. The van der Waals surface area contributed by atoms with E-state index in [1.165, 1.54) is 25.7 Å². The van der Waals surface area contributed by atoms with Crippen LogP contribution in [0.4, 0.5) is 0 Å². The number of hydrogen-bond donors (Lipinski definition) is 1. The fraction of sp³-hybridized carbons (Fsp3) is 0.600. The maximum absolute atomic E-state index is 5.41. The van der Waals surface area contributed by atoms with Gasteiger partial charge < -0.3 is 14.4 Å². The summed E-state index contributed by atoms with van der Waals surface area (Å²) in [6, 6.07) is 2.07. The van der Waals surface area contributed by atoms with E-state index in [2.05, 4.69) is 37.6 Å². The molecule has 112 valence electrons. The van der Waals surface area contributed by atoms with Gasteiger partial charge in [0, 0.05) is 37.1 Å². The van der Waals surface area contributed by atoms with Crippen molar-refractivity contribution in [1.82, 2.24) is 15.6 Å². The average Bonchev–Trinajstić information content (AvgIpc) is 3.38. The molecule has 5 nitrogen and oxygen atoms in total. The summed E-state index contributed by atoms with van der Waals surface area (Å²) < 4.78 is 11.6. The predicted molar refractivity (Wildman–Crippen MR) is 79.7 cm³/mol. The molecular weight excluding hydrogens is 334 g/mol. The lowest BCUT2D eigenvalue weighted by atomic mass is 10.2. The van der Waals surface area contributed by atoms with Crippen molar-refractivity contribution >= 4 is 15.9 Å². The molecule has 0 atom stereocenters. The third-order valence-corrected chi connectivity index (χ3v) is 4.74. The van der Waals surface area contributed by atoms with Crippen LogP contribution < -0.4 is 5.32 Å². The summed E-state index contributed by atoms with van der Waals surface area (Å²) >= 11 is 3.46. The van der Waals surface area contributed by atoms with Crippen molar-refractivity contribution in [3.63, 3.8) is 0 Å². The number of rotatable bonds is 7. The molecule has 2 fully saturated rings. The van der Waals surface area contributed by atoms with Crippen LogP contribution in [0.1, 0.15) is 54.4 Å². The predicted octanol–water partition coefficient (Wildman–Crippen LogP) is 3.54. The van der Waals surface area contributed by atoms with Crippen LogP contribution in [-0.2, 0) is 19.5 Å². The topological polar surface area (TPSA) is 64.1 Å². The summed E-state index contributed by atoms with van der Waals surface area (Å²) in [5, 5.41) is 11.5. The molecule has 0 radical (unpaired) electrons. The lowest BCUT2D eigenvalue weighted by Gasteiger charge is -2.02. The Labute approximate surface area is 131 Å². The van der Waals surface area contributed by atoms with E-state index in [1.807, 2.05) is 0 Å². The molecule has 2 aliphatic rings. The summed E-state index contributed by atoms with van der Waals surface area (Å²) in [7, 11) is 0. The smallest absolute Gasteiger partial charge is 0.153 e. The molecule has 2 saturated carbocycles. The second kappa shape index (κ2) is 5.57. The summed E-state index contributed by atoms with van der Waals surface area (Å²) in [6.45, 7) is 1.44. The maximum Gasteiger partial charge on any atom is 0.153 e. The summed E-state index contributed by atoms with van der Waals surface area (Å²) in [5.41, 5.74) is 2.10. The highest BCUT2D eigenvalue weighted by Crippen LogP contribution is 2.43. The Morgan fingerprint density at radius 2 is 2.00 bits per heavy atom. The quantitative estimate of drug-likeness (QED) is 0.826. The van der Waals surface area contributed by atoms with Gasteiger partial charge in [-0.15, -0.1) is 0 Å². The largest absolute Gasteiger partial charge is 0.361 e. The Morgan fingerprint density at radius 3 is 2.76 bits per heavy atom. The third kappa shape index (κ3) is 3.21. The second-order valence-electron chi connectivity index (χ2n) is 6.13. The Kier molecular flexibility index (Phi) is 3.59. The van der Waals surface area contributed by atoms with Gasteiger partial charge in [0.25, 0.3) is 0 Å². The molecule has 2 aliphatic carbocycles. The first-order valence-corrected chi connectivity index (χ1v) is 8.38. The van der Waals surface area contributed by atoms with E-state index in [9.17, 15) is 0 Å². The molecule has 6 heteroatoms. The zero-order valence-electron chi connectivity index (χ0n) is 11.8. The summed E-state index contributed by atoms with van der Waals surface area (Å²) in [4.78, 5) is 0. The van der Waals surface area contributed by atoms with Crippen molar-refractivity contribution in [2.24, 2.45) is 5.92 Å². The second-order valence-corrected chi connectivity index (χ2v) is 6.88. The van der Waals surface area contributed by atoms with Crippen molar-refractivity contribution in [3.05, 3.63) is 33.4 Å². The molecule has 0 amide bonds. The maximum atomic E-state index is 5.41. The van der Waals surface area contributed by atoms with Crippen LogP contribution in [0.5, 0.6) is 0 Å². The molecule has 0 saturated heterocycles. The van der Waals surface area contributed by atoms with Crippen LogP contribution in [0.15, 0.2) is 19.7 Å². The molecule has 0 unspecified atom stereocenters. The number of nitrogens with one attached hydrogen (secondary N) is 1. The molecule has 0 bridgehead atoms. The van der Waals surface area contributed by atoms with E-state index >= 15 is 0 Å². The molecule has 0 aliphatic heterocycles. The van der Waals surface area contributed by atoms with E-state index in [0.29, 0.717) is 12.5 Å². The van der Waals surface area contributed by atoms with Gasteiger partial charge in [-0.05, 0) is 47.5 Å².